The molecule has 0 amide bonds. The number of benzene rings is 1. The smallest absolute Gasteiger partial charge is 0.298 e. The third-order valence-electron chi connectivity index (χ3n) is 7.02. The summed E-state index contributed by atoms with van der Waals surface area (Å²) in [5.74, 6) is -3.95. The highest BCUT2D eigenvalue weighted by Crippen LogP contribution is 2.41. The fourth-order valence-corrected chi connectivity index (χ4v) is 5.17. The maximum Gasteiger partial charge on any atom is 0.298 e. The lowest BCUT2D eigenvalue weighted by molar-refractivity contribution is -0.0583. The highest BCUT2D eigenvalue weighted by molar-refractivity contribution is 5.94. The molecule has 0 saturated carbocycles. The van der Waals surface area contributed by atoms with Gasteiger partial charge in [0.1, 0.15) is 23.6 Å². The molecule has 2 N–H and O–H groups in total. The summed E-state index contributed by atoms with van der Waals surface area (Å²) in [6.07, 6.45) is 2.02. The van der Waals surface area contributed by atoms with Crippen molar-refractivity contribution in [3.63, 3.8) is 0 Å². The first-order valence-corrected chi connectivity index (χ1v) is 11.9. The number of aliphatic hydroxyl groups excluding tert-OH is 1. The number of nitrogens with zero attached hydrogens (tertiary/aromatic N) is 4. The number of alkyl halides is 2. The number of aliphatic hydroxyl groups is 1. The molecule has 11 heteroatoms. The number of halogens is 3. The number of pyridine rings is 1. The standard InChI is InChI=1S/C25H28F3N5O3/c1-13(17-5-4-6-19(21(17)26)25(27,28)12-34)29-23-18-9-20(33-15-7-8-16(33)11-36-10-15)24(35-3)30-22(18)14(2)31-32-23/h4-6,9,13,15-16,34H,7-8,10-12H2,1-3H3,(H,29,32)/t13-,15?,16?/m1/s1. The maximum absolute atomic E-state index is 15.1. The molecule has 2 bridgehead atoms. The van der Waals surface area contributed by atoms with Crippen LogP contribution in [-0.4, -0.2) is 59.3 Å². The van der Waals surface area contributed by atoms with E-state index < -0.39 is 30.0 Å². The van der Waals surface area contributed by atoms with Crippen LogP contribution in [0.4, 0.5) is 24.7 Å². The average molecular weight is 504 g/mol. The summed E-state index contributed by atoms with van der Waals surface area (Å²) in [4.78, 5) is 7.02. The molecule has 2 aliphatic heterocycles. The maximum atomic E-state index is 15.1. The Bertz CT molecular complexity index is 1280. The summed E-state index contributed by atoms with van der Waals surface area (Å²) in [6.45, 7) is 3.20. The molecule has 2 aromatic heterocycles. The van der Waals surface area contributed by atoms with Crippen LogP contribution < -0.4 is 15.0 Å². The molecule has 192 valence electrons. The number of aromatic nitrogens is 3. The number of aryl methyl sites for hydroxylation is 1. The molecule has 2 unspecified atom stereocenters. The number of hydrogen-bond acceptors (Lipinski definition) is 8. The second-order valence-corrected chi connectivity index (χ2v) is 9.31. The van der Waals surface area contributed by atoms with E-state index in [0.29, 0.717) is 41.5 Å². The first kappa shape index (κ1) is 24.5. The van der Waals surface area contributed by atoms with Crippen molar-refractivity contribution in [1.82, 2.24) is 15.2 Å². The van der Waals surface area contributed by atoms with Gasteiger partial charge in [-0.25, -0.2) is 9.37 Å². The van der Waals surface area contributed by atoms with Crippen LogP contribution >= 0.6 is 0 Å². The fourth-order valence-electron chi connectivity index (χ4n) is 5.17. The topological polar surface area (TPSA) is 92.6 Å². The molecule has 4 heterocycles. The second-order valence-electron chi connectivity index (χ2n) is 9.31. The highest BCUT2D eigenvalue weighted by atomic mass is 19.3. The number of rotatable bonds is 7. The van der Waals surface area contributed by atoms with Gasteiger partial charge in [-0.3, -0.25) is 0 Å². The SMILES string of the molecule is COc1nc2c(C)nnc(N[C@H](C)c3cccc(C(F)(F)CO)c3F)c2cc1N1C2CCC1COC2. The highest BCUT2D eigenvalue weighted by Gasteiger charge is 2.39. The van der Waals surface area contributed by atoms with Gasteiger partial charge in [0, 0.05) is 10.9 Å². The van der Waals surface area contributed by atoms with E-state index in [9.17, 15) is 8.78 Å². The number of nitrogens with one attached hydrogen (secondary N) is 1. The minimum absolute atomic E-state index is 0.0177. The Morgan fingerprint density at radius 2 is 1.97 bits per heavy atom. The average Bonchev–Trinajstić information content (AvgIpc) is 3.12. The van der Waals surface area contributed by atoms with Gasteiger partial charge in [-0.15, -0.1) is 5.10 Å². The van der Waals surface area contributed by atoms with Crippen molar-refractivity contribution in [2.75, 3.05) is 37.1 Å². The summed E-state index contributed by atoms with van der Waals surface area (Å²) >= 11 is 0. The normalized spacial score (nSPS) is 20.6. The number of anilines is 2. The van der Waals surface area contributed by atoms with Crippen molar-refractivity contribution in [2.24, 2.45) is 0 Å². The largest absolute Gasteiger partial charge is 0.480 e. The van der Waals surface area contributed by atoms with Crippen molar-refractivity contribution >= 4 is 22.4 Å². The van der Waals surface area contributed by atoms with E-state index in [1.54, 1.807) is 21.0 Å². The Balaban J connectivity index is 1.56. The van der Waals surface area contributed by atoms with Gasteiger partial charge in [0.05, 0.1) is 49.7 Å². The van der Waals surface area contributed by atoms with E-state index in [-0.39, 0.29) is 17.6 Å². The van der Waals surface area contributed by atoms with E-state index >= 15 is 4.39 Å². The van der Waals surface area contributed by atoms with E-state index in [2.05, 4.69) is 20.4 Å². The first-order chi connectivity index (χ1) is 17.2. The number of fused-ring (bicyclic) bond motifs is 3. The Morgan fingerprint density at radius 1 is 1.25 bits per heavy atom. The molecule has 5 rings (SSSR count). The van der Waals surface area contributed by atoms with Crippen LogP contribution in [0.15, 0.2) is 24.3 Å². The van der Waals surface area contributed by atoms with E-state index in [1.165, 1.54) is 12.1 Å². The Morgan fingerprint density at radius 3 is 2.64 bits per heavy atom. The van der Waals surface area contributed by atoms with E-state index in [4.69, 9.17) is 19.6 Å². The molecule has 2 aliphatic rings. The van der Waals surface area contributed by atoms with Crippen LogP contribution in [0.5, 0.6) is 5.88 Å². The van der Waals surface area contributed by atoms with Gasteiger partial charge < -0.3 is 24.8 Å². The molecule has 2 fully saturated rings. The minimum Gasteiger partial charge on any atom is -0.480 e. The summed E-state index contributed by atoms with van der Waals surface area (Å²) < 4.78 is 54.6. The van der Waals surface area contributed by atoms with Crippen molar-refractivity contribution in [1.29, 1.82) is 0 Å². The van der Waals surface area contributed by atoms with Gasteiger partial charge in [-0.1, -0.05) is 12.1 Å². The van der Waals surface area contributed by atoms with Gasteiger partial charge >= 0.3 is 0 Å². The Kier molecular flexibility index (Phi) is 6.37. The van der Waals surface area contributed by atoms with Crippen LogP contribution in [0.3, 0.4) is 0 Å². The minimum atomic E-state index is -3.69. The number of methoxy groups -OCH3 is 1. The molecule has 0 aliphatic carbocycles. The zero-order valence-corrected chi connectivity index (χ0v) is 20.3. The number of ether oxygens (including phenoxy) is 2. The molecule has 0 radical (unpaired) electrons. The lowest BCUT2D eigenvalue weighted by atomic mass is 10.00. The monoisotopic (exact) mass is 503 g/mol. The Labute approximate surface area is 206 Å². The van der Waals surface area contributed by atoms with Crippen LogP contribution in [-0.2, 0) is 10.7 Å². The third-order valence-corrected chi connectivity index (χ3v) is 7.02. The van der Waals surface area contributed by atoms with Gasteiger partial charge in [0.25, 0.3) is 5.92 Å². The third kappa shape index (κ3) is 4.09. The summed E-state index contributed by atoms with van der Waals surface area (Å²) in [6, 6.07) is 5.38. The zero-order chi connectivity index (χ0) is 25.6. The van der Waals surface area contributed by atoms with Gasteiger partial charge in [0.15, 0.2) is 5.82 Å². The molecule has 3 aromatic rings. The summed E-state index contributed by atoms with van der Waals surface area (Å²) in [5, 5.41) is 21.3. The van der Waals surface area contributed by atoms with Crippen molar-refractivity contribution in [2.45, 2.75) is 50.7 Å². The van der Waals surface area contributed by atoms with Crippen LogP contribution in [0.2, 0.25) is 0 Å². The first-order valence-electron chi connectivity index (χ1n) is 11.9. The lowest BCUT2D eigenvalue weighted by Crippen LogP contribution is -2.46. The predicted molar refractivity (Wildman–Crippen MR) is 128 cm³/mol. The molecule has 3 atom stereocenters. The summed E-state index contributed by atoms with van der Waals surface area (Å²) in [5.41, 5.74) is 1.15. The second kappa shape index (κ2) is 9.36. The molecular weight excluding hydrogens is 475 g/mol. The van der Waals surface area contributed by atoms with Gasteiger partial charge in [-0.05, 0) is 38.8 Å². The molecule has 2 saturated heterocycles. The molecule has 36 heavy (non-hydrogen) atoms. The quantitative estimate of drug-likeness (QED) is 0.498. The lowest BCUT2D eigenvalue weighted by Gasteiger charge is -2.37. The van der Waals surface area contributed by atoms with Crippen molar-refractivity contribution < 1.29 is 27.8 Å². The number of morpholine rings is 1. The van der Waals surface area contributed by atoms with Crippen molar-refractivity contribution in [3.05, 3.63) is 46.9 Å². The van der Waals surface area contributed by atoms with Crippen LogP contribution in [0, 0.1) is 12.7 Å². The predicted octanol–water partition coefficient (Wildman–Crippen LogP) is 4.11. The van der Waals surface area contributed by atoms with Crippen LogP contribution in [0.25, 0.3) is 10.9 Å². The van der Waals surface area contributed by atoms with E-state index in [1.807, 2.05) is 6.07 Å². The zero-order valence-electron chi connectivity index (χ0n) is 20.3. The fraction of sp³-hybridized carbons (Fsp3) is 0.480. The Hall–Kier alpha value is -3.18. The number of hydrogen-bond donors (Lipinski definition) is 2. The molecule has 8 nitrogen and oxygen atoms in total. The van der Waals surface area contributed by atoms with Gasteiger partial charge in [-0.2, -0.15) is 13.9 Å². The molecule has 0 spiro atoms. The molecule has 1 aromatic carbocycles. The van der Waals surface area contributed by atoms with E-state index in [0.717, 1.165) is 24.6 Å². The van der Waals surface area contributed by atoms with Gasteiger partial charge in [0.2, 0.25) is 5.88 Å². The van der Waals surface area contributed by atoms with Crippen molar-refractivity contribution in [3.8, 4) is 5.88 Å². The molecular formula is C25H28F3N5O3. The summed E-state index contributed by atoms with van der Waals surface area (Å²) in [7, 11) is 1.57. The van der Waals surface area contributed by atoms with Crippen LogP contribution in [0.1, 0.15) is 42.6 Å².